The third-order valence-electron chi connectivity index (χ3n) is 8.98. The molecule has 356 valence electrons. The first-order chi connectivity index (χ1) is 33.4. The molecule has 1 aliphatic rings. The van der Waals surface area contributed by atoms with Gasteiger partial charge in [0.05, 0.1) is 79.6 Å². The number of hydrogen-bond acceptors (Lipinski definition) is 18. The number of ether oxygens (including phenoxy) is 1. The Balaban J connectivity index is 0.000000302. The fraction of sp³-hybridized carbons (Fsp3) is 0.122. The van der Waals surface area contributed by atoms with E-state index in [1.165, 1.54) is 7.11 Å². The average molecular weight is 937 g/mol. The molecule has 0 radical (unpaired) electrons. The van der Waals surface area contributed by atoms with Gasteiger partial charge >= 0.3 is 0 Å². The Kier molecular flexibility index (Phi) is 26.4. The summed E-state index contributed by atoms with van der Waals surface area (Å²) in [4.78, 5) is 42.8. The first kappa shape index (κ1) is 56.6. The van der Waals surface area contributed by atoms with Crippen LogP contribution in [0.25, 0.3) is 0 Å². The van der Waals surface area contributed by atoms with Gasteiger partial charge in [0.1, 0.15) is 12.4 Å². The van der Waals surface area contributed by atoms with Crippen molar-refractivity contribution < 1.29 is 38.8 Å². The fourth-order valence-electron chi connectivity index (χ4n) is 5.40. The first-order valence-corrected chi connectivity index (χ1v) is 20.1. The van der Waals surface area contributed by atoms with E-state index in [1.807, 2.05) is 54.6 Å². The number of methoxy groups -OCH3 is 1. The number of aliphatic hydroxyl groups is 1. The van der Waals surface area contributed by atoms with E-state index in [0.717, 1.165) is 38.4 Å². The summed E-state index contributed by atoms with van der Waals surface area (Å²) >= 11 is 0. The number of nitriles is 3. The van der Waals surface area contributed by atoms with E-state index in [2.05, 4.69) is 26.2 Å². The number of fused-ring (bicyclic) bond motifs is 1. The predicted molar refractivity (Wildman–Crippen MR) is 254 cm³/mol. The van der Waals surface area contributed by atoms with Gasteiger partial charge in [0.2, 0.25) is 5.90 Å². The normalized spacial score (nSPS) is 10.3. The number of nitrogens with zero attached hydrogens (tertiary/aromatic N) is 4. The number of carbonyl (C=O) groups is 2. The number of carbonyl (C=O) groups excluding carboxylic acids is 2. The van der Waals surface area contributed by atoms with Gasteiger partial charge in [-0.1, -0.05) is 84.9 Å². The monoisotopic (exact) mass is 936 g/mol. The number of benzene rings is 6. The van der Waals surface area contributed by atoms with E-state index < -0.39 is 11.8 Å². The van der Waals surface area contributed by atoms with Gasteiger partial charge in [-0.3, -0.25) is 51.4 Å². The molecule has 1 heterocycles. The summed E-state index contributed by atoms with van der Waals surface area (Å²) in [6.07, 6.45) is 0. The number of nitrogens with one attached hydrogen (secondary N) is 2. The Morgan fingerprint density at radius 3 is 1.16 bits per heavy atom. The van der Waals surface area contributed by atoms with Crippen LogP contribution in [0.4, 0.5) is 0 Å². The lowest BCUT2D eigenvalue weighted by atomic mass is 10.1. The highest BCUT2D eigenvalue weighted by molar-refractivity contribution is 6.20. The zero-order chi connectivity index (χ0) is 51.0. The molecule has 0 aliphatic carbocycles. The number of hydrazine groups is 1. The molecule has 0 unspecified atom stereocenters. The maximum atomic E-state index is 12.1. The molecule has 0 bridgehead atoms. The Labute approximate surface area is 398 Å². The minimum atomic E-state index is -0.454. The van der Waals surface area contributed by atoms with E-state index >= 15 is 0 Å². The number of nitrogen functional groups attached to an aromatic ring is 1. The van der Waals surface area contributed by atoms with Crippen molar-refractivity contribution >= 4 is 23.5 Å². The van der Waals surface area contributed by atoms with Gasteiger partial charge in [-0.15, -0.1) is 5.06 Å². The van der Waals surface area contributed by atoms with Crippen molar-refractivity contribution in [1.82, 2.24) is 5.06 Å². The van der Waals surface area contributed by atoms with Crippen molar-refractivity contribution in [3.05, 3.63) is 212 Å². The largest absolute Gasteiger partial charge is 0.481 e. The SMILES string of the molecule is COC(=N)c1ccc(CON)cc1.N#Cc1ccc(CO)cc1.N#Cc1ccc(CON)cc1.N#Cc1ccc(CON2C(=O)c3ccccc3C2=O)cc1.N=C(N)c1ccc(CON)cc1.NN. The molecule has 0 aromatic heterocycles. The number of hydroxylamine groups is 2. The van der Waals surface area contributed by atoms with Crippen LogP contribution in [0.15, 0.2) is 146 Å². The van der Waals surface area contributed by atoms with E-state index in [9.17, 15) is 9.59 Å². The highest BCUT2D eigenvalue weighted by Crippen LogP contribution is 2.23. The van der Waals surface area contributed by atoms with Gasteiger partial charge in [0, 0.05) is 11.1 Å². The van der Waals surface area contributed by atoms with Gasteiger partial charge < -0.3 is 15.6 Å². The molecule has 0 fully saturated rings. The number of amides is 2. The third-order valence-corrected chi connectivity index (χ3v) is 8.98. The number of nitrogens with two attached hydrogens (primary N) is 6. The minimum Gasteiger partial charge on any atom is -0.481 e. The van der Waals surface area contributed by atoms with Crippen molar-refractivity contribution in [3.63, 3.8) is 0 Å². The smallest absolute Gasteiger partial charge is 0.285 e. The summed E-state index contributed by atoms with van der Waals surface area (Å²) in [7, 11) is 1.47. The topological polar surface area (TPSA) is 379 Å². The highest BCUT2D eigenvalue weighted by atomic mass is 16.7. The van der Waals surface area contributed by atoms with Gasteiger partial charge in [-0.05, 0) is 88.5 Å². The van der Waals surface area contributed by atoms with E-state index in [1.54, 1.807) is 109 Å². The number of hydrogen-bond donors (Lipinski definition) is 9. The quantitative estimate of drug-likeness (QED) is 0.0268. The summed E-state index contributed by atoms with van der Waals surface area (Å²) in [5.41, 5.74) is 13.7. The maximum absolute atomic E-state index is 12.1. The number of amidine groups is 1. The molecule has 0 atom stereocenters. The van der Waals surface area contributed by atoms with Crippen LogP contribution in [0.5, 0.6) is 0 Å². The Hall–Kier alpha value is -8.53. The standard InChI is InChI=1S/C16H10N2O3.C9H12N2O2.C8H11N3O.C8H8N2O.C8H7NO.H4N2/c17-9-11-5-7-12(8-6-11)10-21-18-15(19)13-3-1-2-4-14(13)16(18)20;1-12-9(10)8-4-2-7(3-5-8)6-13-11;9-8(10)7-3-1-6(2-4-7)5-12-11;9-5-7-1-3-8(4-2-7)6-11-10;9-5-7-1-3-8(6-10)4-2-7;1-2/h1-8H,10H2;2-5,10H,6,11H2,1H3;1-4H,5,11H2,(H3,9,10);1-4H,6,10H2;1-4,10H,6H2;1-2H2. The van der Waals surface area contributed by atoms with Crippen LogP contribution in [-0.4, -0.2) is 40.8 Å². The molecule has 15 N–H and O–H groups in total. The lowest BCUT2D eigenvalue weighted by molar-refractivity contribution is -0.101. The van der Waals surface area contributed by atoms with Crippen molar-refractivity contribution in [2.75, 3.05) is 7.11 Å². The summed E-state index contributed by atoms with van der Waals surface area (Å²) in [6, 6.07) is 47.7. The van der Waals surface area contributed by atoms with Gasteiger partial charge in [-0.25, -0.2) is 17.7 Å². The molecular weight excluding hydrogens is 885 g/mol. The Morgan fingerprint density at radius 2 is 0.855 bits per heavy atom. The molecule has 2 amide bonds. The van der Waals surface area contributed by atoms with Crippen LogP contribution in [-0.2, 0) is 57.1 Å². The van der Waals surface area contributed by atoms with Gasteiger partial charge in [0.15, 0.2) is 0 Å². The molecule has 0 saturated carbocycles. The van der Waals surface area contributed by atoms with Crippen LogP contribution in [0, 0.1) is 44.8 Å². The van der Waals surface area contributed by atoms with Crippen LogP contribution in [0.1, 0.15) is 76.4 Å². The van der Waals surface area contributed by atoms with E-state index in [4.69, 9.17) is 64.7 Å². The first-order valence-electron chi connectivity index (χ1n) is 20.1. The summed E-state index contributed by atoms with van der Waals surface area (Å²) in [5, 5.41) is 49.5. The molecule has 1 aliphatic heterocycles. The zero-order valence-corrected chi connectivity index (χ0v) is 37.4. The zero-order valence-electron chi connectivity index (χ0n) is 37.4. The van der Waals surface area contributed by atoms with Crippen molar-refractivity contribution in [1.29, 1.82) is 26.6 Å². The van der Waals surface area contributed by atoms with Crippen LogP contribution in [0.3, 0.4) is 0 Å². The minimum absolute atomic E-state index is 0.0334. The molecular formula is C49H52N12O8. The Morgan fingerprint density at radius 1 is 0.536 bits per heavy atom. The number of imide groups is 1. The van der Waals surface area contributed by atoms with Crippen molar-refractivity contribution in [2.24, 2.45) is 35.1 Å². The lowest BCUT2D eigenvalue weighted by Crippen LogP contribution is -2.29. The fourth-order valence-corrected chi connectivity index (χ4v) is 5.40. The molecule has 69 heavy (non-hydrogen) atoms. The second-order valence-corrected chi connectivity index (χ2v) is 13.6. The van der Waals surface area contributed by atoms with Crippen molar-refractivity contribution in [2.45, 2.75) is 33.0 Å². The third kappa shape index (κ3) is 19.5. The molecule has 6 aromatic carbocycles. The average Bonchev–Trinajstić information content (AvgIpc) is 3.65. The summed E-state index contributed by atoms with van der Waals surface area (Å²) in [5.74, 6) is 22.0. The molecule has 20 heteroatoms. The lowest BCUT2D eigenvalue weighted by Gasteiger charge is -2.13. The maximum Gasteiger partial charge on any atom is 0.285 e. The van der Waals surface area contributed by atoms with Crippen LogP contribution >= 0.6 is 0 Å². The Bertz CT molecular complexity index is 2610. The van der Waals surface area contributed by atoms with Gasteiger partial charge in [-0.2, -0.15) is 15.8 Å². The molecule has 6 aromatic rings. The molecule has 0 spiro atoms. The van der Waals surface area contributed by atoms with Crippen LogP contribution in [0.2, 0.25) is 0 Å². The summed E-state index contributed by atoms with van der Waals surface area (Å²) in [6.45, 7) is 1.24. The predicted octanol–water partition coefficient (Wildman–Crippen LogP) is 4.51. The molecule has 20 nitrogen and oxygen atoms in total. The van der Waals surface area contributed by atoms with Crippen molar-refractivity contribution in [3.8, 4) is 18.2 Å². The molecule has 0 saturated heterocycles. The van der Waals surface area contributed by atoms with E-state index in [0.29, 0.717) is 53.2 Å². The molecule has 7 rings (SSSR count). The second kappa shape index (κ2) is 32.2. The summed E-state index contributed by atoms with van der Waals surface area (Å²) < 4.78 is 4.76. The van der Waals surface area contributed by atoms with Gasteiger partial charge in [0.25, 0.3) is 11.8 Å². The highest BCUT2D eigenvalue weighted by Gasteiger charge is 2.36. The number of aliphatic hydroxyl groups excluding tert-OH is 1. The van der Waals surface area contributed by atoms with E-state index in [-0.39, 0.29) is 24.9 Å². The van der Waals surface area contributed by atoms with Crippen LogP contribution < -0.4 is 35.1 Å². The number of rotatable bonds is 12. The second-order valence-electron chi connectivity index (χ2n) is 13.6.